The second-order valence-electron chi connectivity index (χ2n) is 4.62. The molecular weight excluding hydrogens is 224 g/mol. The first-order valence-corrected chi connectivity index (χ1v) is 7.74. The van der Waals surface area contributed by atoms with Crippen LogP contribution in [-0.4, -0.2) is 52.4 Å². The van der Waals surface area contributed by atoms with Gasteiger partial charge in [-0.3, -0.25) is 0 Å². The van der Waals surface area contributed by atoms with Crippen LogP contribution in [0.1, 0.15) is 39.5 Å². The summed E-state index contributed by atoms with van der Waals surface area (Å²) in [4.78, 5) is 0. The van der Waals surface area contributed by atoms with E-state index in [4.69, 9.17) is 0 Å². The molecule has 0 aliphatic heterocycles. The van der Waals surface area contributed by atoms with Gasteiger partial charge in [-0.15, -0.1) is 0 Å². The summed E-state index contributed by atoms with van der Waals surface area (Å²) in [7, 11) is 0. The van der Waals surface area contributed by atoms with Gasteiger partial charge in [-0.1, -0.05) is 13.8 Å². The van der Waals surface area contributed by atoms with E-state index in [9.17, 15) is 0 Å². The number of rotatable bonds is 15. The van der Waals surface area contributed by atoms with Crippen LogP contribution in [-0.2, 0) is 0 Å². The smallest absolute Gasteiger partial charge is 0.00368 e. The summed E-state index contributed by atoms with van der Waals surface area (Å²) >= 11 is 0. The fraction of sp³-hybridized carbons (Fsp3) is 1.00. The topological polar surface area (TPSA) is 48.1 Å². The highest BCUT2D eigenvalue weighted by atomic mass is 14.9. The summed E-state index contributed by atoms with van der Waals surface area (Å²) in [5.41, 5.74) is 0. The lowest BCUT2D eigenvalue weighted by Gasteiger charge is -2.07. The van der Waals surface area contributed by atoms with Crippen LogP contribution in [0.3, 0.4) is 0 Å². The van der Waals surface area contributed by atoms with Crippen molar-refractivity contribution >= 4 is 0 Å². The molecular formula is C14H34N4. The Bertz CT molecular complexity index is 126. The lowest BCUT2D eigenvalue weighted by molar-refractivity contribution is 0.552. The Labute approximate surface area is 114 Å². The molecule has 0 aliphatic carbocycles. The van der Waals surface area contributed by atoms with Gasteiger partial charge >= 0.3 is 0 Å². The molecule has 0 fully saturated rings. The molecule has 110 valence electrons. The fourth-order valence-corrected chi connectivity index (χ4v) is 1.78. The highest BCUT2D eigenvalue weighted by Gasteiger charge is 1.91. The third-order valence-corrected chi connectivity index (χ3v) is 2.87. The first-order chi connectivity index (χ1) is 8.91. The molecule has 4 N–H and O–H groups in total. The van der Waals surface area contributed by atoms with E-state index in [0.29, 0.717) is 0 Å². The summed E-state index contributed by atoms with van der Waals surface area (Å²) in [6.07, 6.45) is 5.02. The zero-order valence-electron chi connectivity index (χ0n) is 12.5. The van der Waals surface area contributed by atoms with Gasteiger partial charge in [0.2, 0.25) is 0 Å². The Morgan fingerprint density at radius 1 is 0.444 bits per heavy atom. The lowest BCUT2D eigenvalue weighted by Crippen LogP contribution is -2.25. The monoisotopic (exact) mass is 258 g/mol. The molecule has 0 heterocycles. The Balaban J connectivity index is 2.86. The second kappa shape index (κ2) is 16.8. The van der Waals surface area contributed by atoms with Gasteiger partial charge in [0.1, 0.15) is 0 Å². The van der Waals surface area contributed by atoms with E-state index < -0.39 is 0 Å². The maximum absolute atomic E-state index is 3.49. The standard InChI is InChI=1S/C14H34N4/c1-3-15-9-5-6-10-17-13-8-14-18-12-7-11-16-4-2/h15-18H,3-14H2,1-2H3. The van der Waals surface area contributed by atoms with E-state index in [1.54, 1.807) is 0 Å². The molecule has 0 aromatic rings. The van der Waals surface area contributed by atoms with Gasteiger partial charge < -0.3 is 21.3 Å². The third kappa shape index (κ3) is 15.8. The normalized spacial score (nSPS) is 11.0. The minimum atomic E-state index is 1.08. The zero-order valence-corrected chi connectivity index (χ0v) is 12.5. The molecule has 0 amide bonds. The highest BCUT2D eigenvalue weighted by Crippen LogP contribution is 1.84. The van der Waals surface area contributed by atoms with Crippen molar-refractivity contribution in [2.75, 3.05) is 52.4 Å². The van der Waals surface area contributed by atoms with Gasteiger partial charge in [0.15, 0.2) is 0 Å². The van der Waals surface area contributed by atoms with E-state index in [0.717, 1.165) is 52.4 Å². The average molecular weight is 258 g/mol. The maximum atomic E-state index is 3.49. The van der Waals surface area contributed by atoms with Crippen molar-refractivity contribution in [1.82, 2.24) is 21.3 Å². The van der Waals surface area contributed by atoms with Crippen LogP contribution in [0.2, 0.25) is 0 Å². The molecule has 0 unspecified atom stereocenters. The minimum Gasteiger partial charge on any atom is -0.317 e. The van der Waals surface area contributed by atoms with Crippen LogP contribution < -0.4 is 21.3 Å². The Kier molecular flexibility index (Phi) is 16.7. The minimum absolute atomic E-state index is 1.08. The number of hydrogen-bond donors (Lipinski definition) is 4. The SMILES string of the molecule is CCNCCCCNCCCNCCCNCC. The Morgan fingerprint density at radius 3 is 1.22 bits per heavy atom. The van der Waals surface area contributed by atoms with Crippen molar-refractivity contribution in [3.8, 4) is 0 Å². The molecule has 0 spiro atoms. The summed E-state index contributed by atoms with van der Waals surface area (Å²) in [6, 6.07) is 0. The molecule has 4 heteroatoms. The first kappa shape index (κ1) is 17.8. The second-order valence-corrected chi connectivity index (χ2v) is 4.62. The van der Waals surface area contributed by atoms with Crippen LogP contribution in [0.15, 0.2) is 0 Å². The van der Waals surface area contributed by atoms with Crippen molar-refractivity contribution in [2.45, 2.75) is 39.5 Å². The predicted molar refractivity (Wildman–Crippen MR) is 81.3 cm³/mol. The molecule has 0 radical (unpaired) electrons. The van der Waals surface area contributed by atoms with Gasteiger partial charge in [0, 0.05) is 0 Å². The van der Waals surface area contributed by atoms with Gasteiger partial charge in [-0.25, -0.2) is 0 Å². The number of unbranched alkanes of at least 4 members (excludes halogenated alkanes) is 1. The fourth-order valence-electron chi connectivity index (χ4n) is 1.78. The van der Waals surface area contributed by atoms with E-state index >= 15 is 0 Å². The lowest BCUT2D eigenvalue weighted by atomic mass is 10.3. The Morgan fingerprint density at radius 2 is 0.778 bits per heavy atom. The summed E-state index contributed by atoms with van der Waals surface area (Å²) in [6.45, 7) is 13.3. The van der Waals surface area contributed by atoms with Crippen molar-refractivity contribution in [1.29, 1.82) is 0 Å². The largest absolute Gasteiger partial charge is 0.317 e. The van der Waals surface area contributed by atoms with E-state index in [2.05, 4.69) is 35.1 Å². The third-order valence-electron chi connectivity index (χ3n) is 2.87. The molecule has 0 saturated heterocycles. The van der Waals surface area contributed by atoms with Gasteiger partial charge in [-0.2, -0.15) is 0 Å². The molecule has 0 rings (SSSR count). The van der Waals surface area contributed by atoms with E-state index in [1.807, 2.05) is 0 Å². The summed E-state index contributed by atoms with van der Waals surface area (Å²) < 4.78 is 0. The van der Waals surface area contributed by atoms with Crippen molar-refractivity contribution < 1.29 is 0 Å². The number of hydrogen-bond acceptors (Lipinski definition) is 4. The molecule has 4 nitrogen and oxygen atoms in total. The molecule has 0 aliphatic rings. The van der Waals surface area contributed by atoms with Crippen LogP contribution in [0, 0.1) is 0 Å². The summed E-state index contributed by atoms with van der Waals surface area (Å²) in [5, 5.41) is 13.6. The Hall–Kier alpha value is -0.160. The molecule has 18 heavy (non-hydrogen) atoms. The first-order valence-electron chi connectivity index (χ1n) is 7.74. The maximum Gasteiger partial charge on any atom is -0.00368 e. The molecule has 0 bridgehead atoms. The molecule has 0 aromatic carbocycles. The molecule has 0 saturated carbocycles. The van der Waals surface area contributed by atoms with Crippen LogP contribution in [0.5, 0.6) is 0 Å². The summed E-state index contributed by atoms with van der Waals surface area (Å²) in [5.74, 6) is 0. The van der Waals surface area contributed by atoms with Crippen LogP contribution in [0.4, 0.5) is 0 Å². The molecule has 0 atom stereocenters. The van der Waals surface area contributed by atoms with Crippen molar-refractivity contribution in [3.05, 3.63) is 0 Å². The zero-order chi connectivity index (χ0) is 13.3. The number of nitrogens with one attached hydrogen (secondary N) is 4. The van der Waals surface area contributed by atoms with Crippen LogP contribution in [0.25, 0.3) is 0 Å². The van der Waals surface area contributed by atoms with Gasteiger partial charge in [0.25, 0.3) is 0 Å². The van der Waals surface area contributed by atoms with Crippen molar-refractivity contribution in [3.63, 3.8) is 0 Å². The predicted octanol–water partition coefficient (Wildman–Crippen LogP) is 0.945. The van der Waals surface area contributed by atoms with Crippen LogP contribution >= 0.6 is 0 Å². The van der Waals surface area contributed by atoms with Gasteiger partial charge in [0.05, 0.1) is 0 Å². The molecule has 0 aromatic heterocycles. The van der Waals surface area contributed by atoms with Crippen molar-refractivity contribution in [2.24, 2.45) is 0 Å². The van der Waals surface area contributed by atoms with E-state index in [-0.39, 0.29) is 0 Å². The average Bonchev–Trinajstić information content (AvgIpc) is 2.39. The van der Waals surface area contributed by atoms with E-state index in [1.165, 1.54) is 25.7 Å². The highest BCUT2D eigenvalue weighted by molar-refractivity contribution is 4.54. The van der Waals surface area contributed by atoms with Gasteiger partial charge in [-0.05, 0) is 78.0 Å². The quantitative estimate of drug-likeness (QED) is 0.330.